The van der Waals surface area contributed by atoms with Gasteiger partial charge in [-0.15, -0.1) is 0 Å². The zero-order valence-electron chi connectivity index (χ0n) is 11.4. The lowest BCUT2D eigenvalue weighted by Gasteiger charge is -2.08. The van der Waals surface area contributed by atoms with E-state index in [-0.39, 0.29) is 5.91 Å². The molecule has 0 fully saturated rings. The molecule has 1 amide bonds. The maximum Gasteiger partial charge on any atom is 0.265 e. The number of nitrogens with one attached hydrogen (secondary N) is 1. The van der Waals surface area contributed by atoms with Gasteiger partial charge in [0.05, 0.1) is 12.4 Å². The molecule has 2 aromatic rings. The number of hydrogen-bond acceptors (Lipinski definition) is 4. The Bertz CT molecular complexity index is 580. The van der Waals surface area contributed by atoms with E-state index in [1.807, 2.05) is 23.0 Å². The first-order chi connectivity index (χ1) is 9.74. The monoisotopic (exact) mass is 274 g/mol. The third-order valence-corrected chi connectivity index (χ3v) is 2.85. The number of carbonyl (C=O) groups excluding carboxylic acids is 1. The molecular formula is C14H18N4O2. The summed E-state index contributed by atoms with van der Waals surface area (Å²) in [6.45, 7) is 3.24. The number of nitrogens with two attached hydrogens (primary N) is 1. The van der Waals surface area contributed by atoms with Gasteiger partial charge in [-0.25, -0.2) is 5.84 Å². The fourth-order valence-electron chi connectivity index (χ4n) is 1.88. The van der Waals surface area contributed by atoms with E-state index in [4.69, 9.17) is 10.6 Å². The number of amides is 1. The number of rotatable bonds is 6. The van der Waals surface area contributed by atoms with Crippen LogP contribution < -0.4 is 16.0 Å². The molecule has 20 heavy (non-hydrogen) atoms. The van der Waals surface area contributed by atoms with Crippen LogP contribution in [0.15, 0.2) is 36.7 Å². The Morgan fingerprint density at radius 3 is 3.00 bits per heavy atom. The third-order valence-electron chi connectivity index (χ3n) is 2.85. The standard InChI is InChI=1S/C14H18N4O2/c1-2-7-18-9-12(8-16-18)20-10-11-5-3-4-6-13(11)14(19)17-15/h3-6,8-9H,2,7,10,15H2,1H3,(H,17,19). The van der Waals surface area contributed by atoms with Gasteiger partial charge in [-0.1, -0.05) is 25.1 Å². The fraction of sp³-hybridized carbons (Fsp3) is 0.286. The number of carbonyl (C=O) groups is 1. The van der Waals surface area contributed by atoms with Crippen LogP contribution in [0.4, 0.5) is 0 Å². The lowest BCUT2D eigenvalue weighted by atomic mass is 10.1. The molecule has 0 saturated carbocycles. The number of hydrazine groups is 1. The summed E-state index contributed by atoms with van der Waals surface area (Å²) in [6.07, 6.45) is 4.52. The van der Waals surface area contributed by atoms with Gasteiger partial charge in [-0.05, 0) is 12.5 Å². The van der Waals surface area contributed by atoms with Crippen molar-refractivity contribution in [1.29, 1.82) is 0 Å². The van der Waals surface area contributed by atoms with Crippen molar-refractivity contribution in [1.82, 2.24) is 15.2 Å². The summed E-state index contributed by atoms with van der Waals surface area (Å²) < 4.78 is 7.48. The fourth-order valence-corrected chi connectivity index (χ4v) is 1.88. The summed E-state index contributed by atoms with van der Waals surface area (Å²) >= 11 is 0. The topological polar surface area (TPSA) is 82.2 Å². The predicted molar refractivity (Wildman–Crippen MR) is 74.9 cm³/mol. The smallest absolute Gasteiger partial charge is 0.265 e. The van der Waals surface area contributed by atoms with Gasteiger partial charge in [-0.2, -0.15) is 5.10 Å². The molecule has 6 nitrogen and oxygen atoms in total. The highest BCUT2D eigenvalue weighted by Crippen LogP contribution is 2.14. The summed E-state index contributed by atoms with van der Waals surface area (Å²) in [4.78, 5) is 11.6. The molecule has 1 aromatic carbocycles. The minimum absolute atomic E-state index is 0.293. The van der Waals surface area contributed by atoms with Gasteiger partial charge in [-0.3, -0.25) is 14.9 Å². The average molecular weight is 274 g/mol. The van der Waals surface area contributed by atoms with Gasteiger partial charge >= 0.3 is 0 Å². The molecule has 3 N–H and O–H groups in total. The Morgan fingerprint density at radius 1 is 1.45 bits per heavy atom. The first-order valence-corrected chi connectivity index (χ1v) is 6.48. The van der Waals surface area contributed by atoms with Gasteiger partial charge in [0.2, 0.25) is 0 Å². The van der Waals surface area contributed by atoms with Crippen molar-refractivity contribution in [2.75, 3.05) is 0 Å². The number of ether oxygens (including phenoxy) is 1. The Hall–Kier alpha value is -2.34. The van der Waals surface area contributed by atoms with Crippen molar-refractivity contribution in [2.24, 2.45) is 5.84 Å². The highest BCUT2D eigenvalue weighted by molar-refractivity contribution is 5.95. The van der Waals surface area contributed by atoms with Gasteiger partial charge < -0.3 is 4.74 Å². The number of aromatic nitrogens is 2. The molecule has 0 unspecified atom stereocenters. The Labute approximate surface area is 117 Å². The van der Waals surface area contributed by atoms with Crippen molar-refractivity contribution >= 4 is 5.91 Å². The maximum absolute atomic E-state index is 11.6. The Morgan fingerprint density at radius 2 is 2.25 bits per heavy atom. The minimum atomic E-state index is -0.328. The van der Waals surface area contributed by atoms with E-state index in [9.17, 15) is 4.79 Å². The van der Waals surface area contributed by atoms with Crippen molar-refractivity contribution in [3.63, 3.8) is 0 Å². The van der Waals surface area contributed by atoms with Crippen LogP contribution in [0.5, 0.6) is 5.75 Å². The molecular weight excluding hydrogens is 256 g/mol. The molecule has 106 valence electrons. The van der Waals surface area contributed by atoms with Gasteiger partial charge in [0.25, 0.3) is 5.91 Å². The van der Waals surface area contributed by atoms with Gasteiger partial charge in [0.1, 0.15) is 6.61 Å². The zero-order valence-corrected chi connectivity index (χ0v) is 11.4. The van der Waals surface area contributed by atoms with Gasteiger partial charge in [0.15, 0.2) is 5.75 Å². The summed E-state index contributed by atoms with van der Waals surface area (Å²) in [5, 5.41) is 4.18. The summed E-state index contributed by atoms with van der Waals surface area (Å²) in [5.74, 6) is 5.52. The molecule has 1 heterocycles. The Kier molecular flexibility index (Phi) is 4.73. The predicted octanol–water partition coefficient (Wildman–Crippen LogP) is 1.48. The Balaban J connectivity index is 2.04. The number of nitrogens with zero attached hydrogens (tertiary/aromatic N) is 2. The maximum atomic E-state index is 11.6. The van der Waals surface area contributed by atoms with Crippen molar-refractivity contribution in [2.45, 2.75) is 26.5 Å². The summed E-state index contributed by atoms with van der Waals surface area (Å²) in [7, 11) is 0. The van der Waals surface area contributed by atoms with Crippen molar-refractivity contribution in [3.05, 3.63) is 47.8 Å². The molecule has 0 aliphatic carbocycles. The van der Waals surface area contributed by atoms with Crippen LogP contribution in [0.1, 0.15) is 29.3 Å². The summed E-state index contributed by atoms with van der Waals surface area (Å²) in [5.41, 5.74) is 3.42. The molecule has 0 radical (unpaired) electrons. The molecule has 2 rings (SSSR count). The van der Waals surface area contributed by atoms with E-state index >= 15 is 0 Å². The summed E-state index contributed by atoms with van der Waals surface area (Å²) in [6, 6.07) is 7.18. The van der Waals surface area contributed by atoms with Crippen molar-refractivity contribution < 1.29 is 9.53 Å². The third kappa shape index (κ3) is 3.36. The highest BCUT2D eigenvalue weighted by Gasteiger charge is 2.10. The SMILES string of the molecule is CCCn1cc(OCc2ccccc2C(=O)NN)cn1. The zero-order chi connectivity index (χ0) is 14.4. The number of hydrogen-bond donors (Lipinski definition) is 2. The van der Waals surface area contributed by atoms with Crippen LogP contribution in [0, 0.1) is 0 Å². The second kappa shape index (κ2) is 6.72. The molecule has 0 bridgehead atoms. The molecule has 0 spiro atoms. The lowest BCUT2D eigenvalue weighted by Crippen LogP contribution is -2.30. The molecule has 1 aromatic heterocycles. The van der Waals surface area contributed by atoms with Crippen LogP contribution in [0.25, 0.3) is 0 Å². The quantitative estimate of drug-likeness (QED) is 0.475. The first kappa shape index (κ1) is 14.1. The lowest BCUT2D eigenvalue weighted by molar-refractivity contribution is 0.0951. The van der Waals surface area contributed by atoms with E-state index in [0.29, 0.717) is 17.9 Å². The largest absolute Gasteiger partial charge is 0.486 e. The van der Waals surface area contributed by atoms with E-state index in [0.717, 1.165) is 18.5 Å². The molecule has 0 aliphatic heterocycles. The molecule has 0 saturated heterocycles. The van der Waals surface area contributed by atoms with Crippen LogP contribution in [-0.4, -0.2) is 15.7 Å². The minimum Gasteiger partial charge on any atom is -0.486 e. The molecule has 0 atom stereocenters. The number of nitrogen functional groups attached to an aromatic ring is 1. The van der Waals surface area contributed by atoms with E-state index in [1.54, 1.807) is 18.3 Å². The first-order valence-electron chi connectivity index (χ1n) is 6.48. The van der Waals surface area contributed by atoms with Crippen LogP contribution >= 0.6 is 0 Å². The van der Waals surface area contributed by atoms with E-state index < -0.39 is 0 Å². The van der Waals surface area contributed by atoms with Gasteiger partial charge in [0, 0.05) is 17.7 Å². The van der Waals surface area contributed by atoms with Crippen LogP contribution in [0.3, 0.4) is 0 Å². The second-order valence-electron chi connectivity index (χ2n) is 4.36. The van der Waals surface area contributed by atoms with Crippen LogP contribution in [0.2, 0.25) is 0 Å². The number of aryl methyl sites for hydroxylation is 1. The van der Waals surface area contributed by atoms with Crippen LogP contribution in [-0.2, 0) is 13.2 Å². The normalized spacial score (nSPS) is 10.3. The molecule has 0 aliphatic rings. The van der Waals surface area contributed by atoms with E-state index in [1.165, 1.54) is 0 Å². The second-order valence-corrected chi connectivity index (χ2v) is 4.36. The van der Waals surface area contributed by atoms with Crippen molar-refractivity contribution in [3.8, 4) is 5.75 Å². The molecule has 6 heteroatoms. The highest BCUT2D eigenvalue weighted by atomic mass is 16.5. The average Bonchev–Trinajstić information content (AvgIpc) is 2.93. The number of benzene rings is 1. The van der Waals surface area contributed by atoms with E-state index in [2.05, 4.69) is 17.4 Å².